The fraction of sp³-hybridized carbons (Fsp3) is 0.714. The van der Waals surface area contributed by atoms with Crippen LogP contribution in [0, 0.1) is 5.41 Å². The number of nitrogens with zero attached hydrogens (tertiary/aromatic N) is 3. The average molecular weight is 301 g/mol. The highest BCUT2D eigenvalue weighted by molar-refractivity contribution is 5.85. The molecule has 1 unspecified atom stereocenters. The first-order valence-electron chi connectivity index (χ1n) is 6.81. The first-order chi connectivity index (χ1) is 8.88. The van der Waals surface area contributed by atoms with Crippen molar-refractivity contribution in [2.24, 2.45) is 5.41 Å². The molecule has 5 nitrogen and oxygen atoms in total. The van der Waals surface area contributed by atoms with Crippen LogP contribution in [0.1, 0.15) is 45.5 Å². The molecule has 20 heavy (non-hydrogen) atoms. The van der Waals surface area contributed by atoms with Crippen molar-refractivity contribution in [3.8, 4) is 0 Å². The van der Waals surface area contributed by atoms with Gasteiger partial charge in [0.25, 0.3) is 5.89 Å². The molecule has 0 bridgehead atoms. The molecule has 1 N–H and O–H groups in total. The predicted octanol–water partition coefficient (Wildman–Crippen LogP) is 2.52. The molecule has 2 rings (SSSR count). The van der Waals surface area contributed by atoms with Crippen LogP contribution in [0.2, 0.25) is 0 Å². The molecule has 0 saturated carbocycles. The fourth-order valence-electron chi connectivity index (χ4n) is 1.94. The van der Waals surface area contributed by atoms with Gasteiger partial charge in [0.15, 0.2) is 5.82 Å². The summed E-state index contributed by atoms with van der Waals surface area (Å²) in [5, 5.41) is 7.47. The van der Waals surface area contributed by atoms with Crippen LogP contribution >= 0.6 is 12.4 Å². The minimum atomic E-state index is 0. The van der Waals surface area contributed by atoms with Crippen LogP contribution in [-0.2, 0) is 0 Å². The molecule has 0 spiro atoms. The normalized spacial score (nSPS) is 21.6. The fourth-order valence-corrected chi connectivity index (χ4v) is 1.94. The van der Waals surface area contributed by atoms with Gasteiger partial charge in [0.05, 0.1) is 6.04 Å². The molecule has 1 atom stereocenters. The molecule has 1 aliphatic rings. The summed E-state index contributed by atoms with van der Waals surface area (Å²) in [5.74, 6) is 1.36. The molecule has 0 amide bonds. The molecule has 1 aromatic rings. The number of nitrogens with one attached hydrogen (secondary N) is 1. The zero-order chi connectivity index (χ0) is 14.0. The van der Waals surface area contributed by atoms with Gasteiger partial charge >= 0.3 is 0 Å². The molecule has 1 saturated heterocycles. The Morgan fingerprint density at radius 1 is 1.45 bits per heavy atom. The summed E-state index contributed by atoms with van der Waals surface area (Å²) < 4.78 is 5.34. The van der Waals surface area contributed by atoms with Gasteiger partial charge in [-0.15, -0.1) is 12.4 Å². The van der Waals surface area contributed by atoms with E-state index in [9.17, 15) is 0 Å². The second kappa shape index (κ2) is 6.70. The van der Waals surface area contributed by atoms with E-state index in [2.05, 4.69) is 55.1 Å². The third-order valence-electron chi connectivity index (χ3n) is 3.79. The number of halogens is 1. The van der Waals surface area contributed by atoms with Crippen molar-refractivity contribution in [3.05, 3.63) is 17.3 Å². The van der Waals surface area contributed by atoms with E-state index in [1.165, 1.54) is 5.57 Å². The summed E-state index contributed by atoms with van der Waals surface area (Å²) in [7, 11) is 2.10. The summed E-state index contributed by atoms with van der Waals surface area (Å²) >= 11 is 0. The number of hydrogen-bond donors (Lipinski definition) is 1. The second-order valence-corrected chi connectivity index (χ2v) is 6.27. The van der Waals surface area contributed by atoms with Gasteiger partial charge in [0, 0.05) is 25.7 Å². The van der Waals surface area contributed by atoms with Crippen LogP contribution in [0.25, 0.3) is 6.08 Å². The highest BCUT2D eigenvalue weighted by Gasteiger charge is 2.25. The predicted molar refractivity (Wildman–Crippen MR) is 82.9 cm³/mol. The third kappa shape index (κ3) is 4.04. The van der Waals surface area contributed by atoms with E-state index >= 15 is 0 Å². The van der Waals surface area contributed by atoms with Gasteiger partial charge in [0.1, 0.15) is 0 Å². The molecular weight excluding hydrogens is 276 g/mol. The Labute approximate surface area is 127 Å². The lowest BCUT2D eigenvalue weighted by atomic mass is 9.87. The lowest BCUT2D eigenvalue weighted by Gasteiger charge is -2.30. The maximum atomic E-state index is 5.34. The van der Waals surface area contributed by atoms with Crippen molar-refractivity contribution < 1.29 is 4.52 Å². The largest absolute Gasteiger partial charge is 0.335 e. The molecule has 0 aromatic carbocycles. The summed E-state index contributed by atoms with van der Waals surface area (Å²) in [6.45, 7) is 11.5. The standard InChI is InChI=1S/C14H24N4O.ClH/c1-10(14(2,3)4)8-12-16-13(17-19-12)11-9-15-6-7-18(11)5;/h8,11,15H,6-7,9H2,1-5H3;1H/b10-8-;. The van der Waals surface area contributed by atoms with E-state index in [4.69, 9.17) is 4.52 Å². The average Bonchev–Trinajstić information content (AvgIpc) is 2.76. The minimum absolute atomic E-state index is 0. The Morgan fingerprint density at radius 3 is 2.75 bits per heavy atom. The Balaban J connectivity index is 0.00000200. The van der Waals surface area contributed by atoms with Crippen LogP contribution in [0.4, 0.5) is 0 Å². The van der Waals surface area contributed by atoms with E-state index in [1.54, 1.807) is 0 Å². The van der Waals surface area contributed by atoms with Gasteiger partial charge in [-0.3, -0.25) is 4.90 Å². The van der Waals surface area contributed by atoms with E-state index in [-0.39, 0.29) is 23.9 Å². The molecule has 6 heteroatoms. The molecule has 0 radical (unpaired) electrons. The van der Waals surface area contributed by atoms with Gasteiger partial charge < -0.3 is 9.84 Å². The Hall–Kier alpha value is -0.910. The molecule has 114 valence electrons. The van der Waals surface area contributed by atoms with Crippen molar-refractivity contribution >= 4 is 18.5 Å². The van der Waals surface area contributed by atoms with Crippen LogP contribution in [0.3, 0.4) is 0 Å². The molecule has 0 aliphatic carbocycles. The Kier molecular flexibility index (Phi) is 5.74. The van der Waals surface area contributed by atoms with Crippen LogP contribution < -0.4 is 5.32 Å². The van der Waals surface area contributed by atoms with Gasteiger partial charge in [-0.1, -0.05) is 31.5 Å². The van der Waals surface area contributed by atoms with Crippen molar-refractivity contribution in [2.75, 3.05) is 26.7 Å². The van der Waals surface area contributed by atoms with Gasteiger partial charge in [-0.25, -0.2) is 0 Å². The van der Waals surface area contributed by atoms with Gasteiger partial charge in [-0.2, -0.15) is 4.98 Å². The SMILES string of the molecule is C/C(=C/c1nc(C2CNCCN2C)no1)C(C)(C)C.Cl. The first kappa shape index (κ1) is 17.1. The Bertz CT molecular complexity index is 464. The molecule has 1 aromatic heterocycles. The topological polar surface area (TPSA) is 54.2 Å². The highest BCUT2D eigenvalue weighted by atomic mass is 35.5. The maximum Gasteiger partial charge on any atom is 0.250 e. The van der Waals surface area contributed by atoms with Crippen molar-refractivity contribution in [3.63, 3.8) is 0 Å². The van der Waals surface area contributed by atoms with E-state index in [0.717, 1.165) is 25.5 Å². The van der Waals surface area contributed by atoms with Crippen molar-refractivity contribution in [2.45, 2.75) is 33.7 Å². The van der Waals surface area contributed by atoms with E-state index in [0.29, 0.717) is 5.89 Å². The smallest absolute Gasteiger partial charge is 0.250 e. The van der Waals surface area contributed by atoms with Crippen LogP contribution in [0.5, 0.6) is 0 Å². The second-order valence-electron chi connectivity index (χ2n) is 6.27. The third-order valence-corrected chi connectivity index (χ3v) is 3.79. The lowest BCUT2D eigenvalue weighted by Crippen LogP contribution is -2.44. The number of allylic oxidation sites excluding steroid dienone is 1. The Morgan fingerprint density at radius 2 is 2.15 bits per heavy atom. The summed E-state index contributed by atoms with van der Waals surface area (Å²) in [4.78, 5) is 6.76. The van der Waals surface area contributed by atoms with Gasteiger partial charge in [0.2, 0.25) is 0 Å². The summed E-state index contributed by atoms with van der Waals surface area (Å²) in [5.41, 5.74) is 1.36. The van der Waals surface area contributed by atoms with Gasteiger partial charge in [-0.05, 0) is 19.4 Å². The zero-order valence-electron chi connectivity index (χ0n) is 12.9. The highest BCUT2D eigenvalue weighted by Crippen LogP contribution is 2.26. The molecule has 1 aliphatic heterocycles. The van der Waals surface area contributed by atoms with Crippen LogP contribution in [0.15, 0.2) is 10.1 Å². The molecular formula is C14H25ClN4O. The monoisotopic (exact) mass is 300 g/mol. The number of piperazine rings is 1. The van der Waals surface area contributed by atoms with E-state index < -0.39 is 0 Å². The van der Waals surface area contributed by atoms with Crippen molar-refractivity contribution in [1.29, 1.82) is 0 Å². The minimum Gasteiger partial charge on any atom is -0.335 e. The number of rotatable bonds is 2. The summed E-state index contributed by atoms with van der Waals surface area (Å²) in [6, 6.07) is 0.203. The quantitative estimate of drug-likeness (QED) is 0.909. The zero-order valence-corrected chi connectivity index (χ0v) is 13.8. The molecule has 2 heterocycles. The number of hydrogen-bond acceptors (Lipinski definition) is 5. The number of aromatic nitrogens is 2. The first-order valence-corrected chi connectivity index (χ1v) is 6.81. The summed E-state index contributed by atoms with van der Waals surface area (Å²) in [6.07, 6.45) is 1.98. The van der Waals surface area contributed by atoms with Crippen molar-refractivity contribution in [1.82, 2.24) is 20.4 Å². The lowest BCUT2D eigenvalue weighted by molar-refractivity contribution is 0.190. The van der Waals surface area contributed by atoms with Crippen LogP contribution in [-0.4, -0.2) is 41.7 Å². The maximum absolute atomic E-state index is 5.34. The van der Waals surface area contributed by atoms with E-state index in [1.807, 2.05) is 6.08 Å². The molecule has 1 fully saturated rings. The number of likely N-dealkylation sites (N-methyl/N-ethyl adjacent to an activating group) is 1.